The molecule has 1 fully saturated rings. The molecule has 0 aromatic heterocycles. The van der Waals surface area contributed by atoms with Crippen molar-refractivity contribution in [2.45, 2.75) is 59.9 Å². The van der Waals surface area contributed by atoms with Gasteiger partial charge in [0.15, 0.2) is 0 Å². The number of hydrogen-bond acceptors (Lipinski definition) is 3. The van der Waals surface area contributed by atoms with Crippen LogP contribution in [0, 0.1) is 17.3 Å². The van der Waals surface area contributed by atoms with Crippen molar-refractivity contribution in [1.29, 1.82) is 0 Å². The van der Waals surface area contributed by atoms with Crippen molar-refractivity contribution < 1.29 is 4.79 Å². The number of hydrogen-bond donors (Lipinski definition) is 2. The lowest BCUT2D eigenvalue weighted by Crippen LogP contribution is -2.48. The molecule has 6 heteroatoms. The highest BCUT2D eigenvalue weighted by Crippen LogP contribution is 2.21. The second-order valence-corrected chi connectivity index (χ2v) is 8.05. The van der Waals surface area contributed by atoms with Crippen molar-refractivity contribution >= 4 is 30.7 Å². The van der Waals surface area contributed by atoms with Gasteiger partial charge in [-0.2, -0.15) is 0 Å². The minimum absolute atomic E-state index is 0. The lowest BCUT2D eigenvalue weighted by Gasteiger charge is -2.35. The van der Waals surface area contributed by atoms with E-state index in [0.717, 1.165) is 37.8 Å². The van der Waals surface area contributed by atoms with Gasteiger partial charge in [-0.3, -0.25) is 4.79 Å². The summed E-state index contributed by atoms with van der Waals surface area (Å²) in [7, 11) is 0. The molecule has 2 unspecified atom stereocenters. The van der Waals surface area contributed by atoms with Crippen molar-refractivity contribution in [3.63, 3.8) is 0 Å². The number of likely N-dealkylation sites (tertiary alicyclic amines) is 1. The number of nitrogens with one attached hydrogen (secondary N) is 1. The van der Waals surface area contributed by atoms with Crippen LogP contribution in [0.3, 0.4) is 0 Å². The van der Waals surface area contributed by atoms with E-state index in [9.17, 15) is 4.79 Å². The Hall–Kier alpha value is -0.0300. The second-order valence-electron chi connectivity index (χ2n) is 8.05. The fourth-order valence-corrected chi connectivity index (χ4v) is 3.15. The molecule has 0 saturated carbocycles. The number of carbonyl (C=O) groups is 1. The first-order valence-electron chi connectivity index (χ1n) is 8.45. The summed E-state index contributed by atoms with van der Waals surface area (Å²) >= 11 is 0. The zero-order valence-electron chi connectivity index (χ0n) is 15.4. The monoisotopic (exact) mass is 369 g/mol. The first-order valence-corrected chi connectivity index (χ1v) is 8.45. The second kappa shape index (κ2) is 11.5. The lowest BCUT2D eigenvalue weighted by atomic mass is 9.87. The molecule has 3 N–H and O–H groups in total. The number of carbonyl (C=O) groups excluding carboxylic acids is 1. The van der Waals surface area contributed by atoms with Crippen LogP contribution in [0.2, 0.25) is 0 Å². The summed E-state index contributed by atoms with van der Waals surface area (Å²) in [4.78, 5) is 14.5. The highest BCUT2D eigenvalue weighted by molar-refractivity contribution is 5.85. The van der Waals surface area contributed by atoms with E-state index in [0.29, 0.717) is 0 Å². The Morgan fingerprint density at radius 1 is 1.17 bits per heavy atom. The largest absolute Gasteiger partial charge is 0.355 e. The molecule has 1 aliphatic heterocycles. The van der Waals surface area contributed by atoms with Gasteiger partial charge < -0.3 is 16.0 Å². The normalized spacial score (nSPS) is 23.4. The van der Waals surface area contributed by atoms with Gasteiger partial charge in [0.2, 0.25) is 5.91 Å². The highest BCUT2D eigenvalue weighted by atomic mass is 35.5. The van der Waals surface area contributed by atoms with E-state index in [1.807, 2.05) is 20.8 Å². The van der Waals surface area contributed by atoms with E-state index in [2.05, 4.69) is 24.1 Å². The van der Waals surface area contributed by atoms with Crippen LogP contribution in [0.15, 0.2) is 0 Å². The van der Waals surface area contributed by atoms with Gasteiger partial charge in [0.1, 0.15) is 0 Å². The number of amides is 1. The Bertz CT molecular complexity index is 324. The first kappa shape index (κ1) is 25.2. The molecule has 1 rings (SSSR count). The Morgan fingerprint density at radius 3 is 2.17 bits per heavy atom. The van der Waals surface area contributed by atoms with Gasteiger partial charge in [-0.15, -0.1) is 24.8 Å². The summed E-state index contributed by atoms with van der Waals surface area (Å²) in [6.45, 7) is 15.0. The smallest absolute Gasteiger partial charge is 0.237 e. The average molecular weight is 370 g/mol. The van der Waals surface area contributed by atoms with Crippen molar-refractivity contribution in [2.75, 3.05) is 26.2 Å². The Morgan fingerprint density at radius 2 is 1.70 bits per heavy atom. The molecular formula is C17H37Cl2N3O. The van der Waals surface area contributed by atoms with Crippen LogP contribution in [0.5, 0.6) is 0 Å². The van der Waals surface area contributed by atoms with Crippen LogP contribution in [0.25, 0.3) is 0 Å². The van der Waals surface area contributed by atoms with Gasteiger partial charge in [-0.25, -0.2) is 0 Å². The minimum atomic E-state index is -0.429. The Labute approximate surface area is 155 Å². The zero-order chi connectivity index (χ0) is 16.0. The van der Waals surface area contributed by atoms with Gasteiger partial charge in [0.05, 0.1) is 6.04 Å². The third-order valence-electron chi connectivity index (χ3n) is 4.36. The van der Waals surface area contributed by atoms with Crippen LogP contribution in [0.4, 0.5) is 0 Å². The number of unbranched alkanes of at least 4 members (excludes halogenated alkanes) is 1. The molecule has 1 aliphatic rings. The van der Waals surface area contributed by atoms with Crippen molar-refractivity contribution in [3.8, 4) is 0 Å². The summed E-state index contributed by atoms with van der Waals surface area (Å²) in [5.74, 6) is 1.61. The predicted molar refractivity (Wildman–Crippen MR) is 104 cm³/mol. The van der Waals surface area contributed by atoms with Crippen LogP contribution in [0.1, 0.15) is 53.9 Å². The predicted octanol–water partition coefficient (Wildman–Crippen LogP) is 3.08. The SMILES string of the molecule is CC1CC(C)CN(CCCCNC(=O)[C@@H](N)C(C)(C)C)C1.Cl.Cl. The molecule has 0 aromatic carbocycles. The minimum Gasteiger partial charge on any atom is -0.355 e. The van der Waals surface area contributed by atoms with Gasteiger partial charge in [-0.05, 0) is 43.1 Å². The third-order valence-corrected chi connectivity index (χ3v) is 4.36. The number of piperidine rings is 1. The number of nitrogens with zero attached hydrogens (tertiary/aromatic N) is 1. The van der Waals surface area contributed by atoms with Gasteiger partial charge >= 0.3 is 0 Å². The van der Waals surface area contributed by atoms with E-state index in [1.54, 1.807) is 0 Å². The molecule has 0 aromatic rings. The summed E-state index contributed by atoms with van der Waals surface area (Å²) < 4.78 is 0. The van der Waals surface area contributed by atoms with Gasteiger partial charge in [0.25, 0.3) is 0 Å². The van der Waals surface area contributed by atoms with Crippen LogP contribution in [-0.2, 0) is 4.79 Å². The number of nitrogens with two attached hydrogens (primary N) is 1. The molecule has 1 saturated heterocycles. The van der Waals surface area contributed by atoms with E-state index in [-0.39, 0.29) is 36.1 Å². The standard InChI is InChI=1S/C17H35N3O.2ClH/c1-13-10-14(2)12-20(11-13)9-7-6-8-19-16(21)15(18)17(3,4)5;;/h13-15H,6-12,18H2,1-5H3,(H,19,21);2*1H/t13?,14?,15-;;/m1../s1. The van der Waals surface area contributed by atoms with Gasteiger partial charge in [-0.1, -0.05) is 34.6 Å². The zero-order valence-corrected chi connectivity index (χ0v) is 17.1. The molecule has 3 atom stereocenters. The Kier molecular flexibility index (Phi) is 12.6. The van der Waals surface area contributed by atoms with Crippen LogP contribution >= 0.6 is 24.8 Å². The fraction of sp³-hybridized carbons (Fsp3) is 0.941. The average Bonchev–Trinajstić information content (AvgIpc) is 2.35. The summed E-state index contributed by atoms with van der Waals surface area (Å²) in [6, 6.07) is -0.429. The maximum atomic E-state index is 11.9. The van der Waals surface area contributed by atoms with E-state index in [4.69, 9.17) is 5.73 Å². The number of halogens is 2. The molecule has 0 aliphatic carbocycles. The lowest BCUT2D eigenvalue weighted by molar-refractivity contribution is -0.124. The third kappa shape index (κ3) is 9.75. The summed E-state index contributed by atoms with van der Waals surface area (Å²) in [5.41, 5.74) is 5.76. The van der Waals surface area contributed by atoms with Crippen LogP contribution in [-0.4, -0.2) is 43.0 Å². The molecule has 0 radical (unpaired) electrons. The molecule has 0 bridgehead atoms. The summed E-state index contributed by atoms with van der Waals surface area (Å²) in [6.07, 6.45) is 3.53. The highest BCUT2D eigenvalue weighted by Gasteiger charge is 2.27. The molecule has 140 valence electrons. The topological polar surface area (TPSA) is 58.4 Å². The maximum Gasteiger partial charge on any atom is 0.237 e. The fourth-order valence-electron chi connectivity index (χ4n) is 3.15. The quantitative estimate of drug-likeness (QED) is 0.707. The maximum absolute atomic E-state index is 11.9. The van der Waals surface area contributed by atoms with E-state index in [1.165, 1.54) is 19.5 Å². The van der Waals surface area contributed by atoms with Crippen molar-refractivity contribution in [2.24, 2.45) is 23.0 Å². The van der Waals surface area contributed by atoms with E-state index >= 15 is 0 Å². The Balaban J connectivity index is 0. The molecule has 0 spiro atoms. The van der Waals surface area contributed by atoms with Crippen LogP contribution < -0.4 is 11.1 Å². The summed E-state index contributed by atoms with van der Waals surface area (Å²) in [5, 5.41) is 2.96. The molecule has 4 nitrogen and oxygen atoms in total. The molecular weight excluding hydrogens is 333 g/mol. The van der Waals surface area contributed by atoms with Crippen molar-refractivity contribution in [1.82, 2.24) is 10.2 Å². The molecule has 1 amide bonds. The first-order chi connectivity index (χ1) is 9.70. The van der Waals surface area contributed by atoms with E-state index < -0.39 is 6.04 Å². The molecule has 23 heavy (non-hydrogen) atoms. The molecule has 1 heterocycles. The number of rotatable bonds is 6. The van der Waals surface area contributed by atoms with Gasteiger partial charge in [0, 0.05) is 19.6 Å². The van der Waals surface area contributed by atoms with Crippen molar-refractivity contribution in [3.05, 3.63) is 0 Å².